The van der Waals surface area contributed by atoms with Crippen molar-refractivity contribution in [2.45, 2.75) is 25.4 Å². The minimum absolute atomic E-state index is 0.276. The maximum Gasteiger partial charge on any atom is 0.275 e. The SMILES string of the molecule is CNC(=O)C(C(=O)NO)N(C)C(=O)c1ccc(C#Cc2ccc(CNCCCc3ccccc3)cc2)cc1. The molecule has 4 N–H and O–H groups in total. The molecule has 0 heterocycles. The molecule has 0 fully saturated rings. The van der Waals surface area contributed by atoms with Crippen LogP contribution in [-0.4, -0.2) is 54.5 Å². The third-order valence-electron chi connectivity index (χ3n) is 5.99. The van der Waals surface area contributed by atoms with E-state index in [1.165, 1.54) is 30.7 Å². The van der Waals surface area contributed by atoms with Gasteiger partial charge in [0.25, 0.3) is 17.7 Å². The molecule has 0 saturated carbocycles. The van der Waals surface area contributed by atoms with E-state index >= 15 is 0 Å². The van der Waals surface area contributed by atoms with Crippen LogP contribution in [-0.2, 0) is 22.6 Å². The molecule has 3 aromatic carbocycles. The number of rotatable bonds is 10. The molecule has 0 aliphatic rings. The Morgan fingerprint density at radius 2 is 1.45 bits per heavy atom. The van der Waals surface area contributed by atoms with Crippen LogP contribution < -0.4 is 16.1 Å². The number of carbonyl (C=O) groups excluding carboxylic acids is 3. The summed E-state index contributed by atoms with van der Waals surface area (Å²) < 4.78 is 0. The Kier molecular flexibility index (Phi) is 10.6. The van der Waals surface area contributed by atoms with Crippen molar-refractivity contribution in [3.8, 4) is 11.8 Å². The van der Waals surface area contributed by atoms with Gasteiger partial charge in [0.1, 0.15) is 0 Å². The number of nitrogens with one attached hydrogen (secondary N) is 3. The third-order valence-corrected chi connectivity index (χ3v) is 5.99. The smallest absolute Gasteiger partial charge is 0.275 e. The first-order valence-electron chi connectivity index (χ1n) is 12.3. The van der Waals surface area contributed by atoms with Gasteiger partial charge in [-0.1, -0.05) is 54.3 Å². The highest BCUT2D eigenvalue weighted by Gasteiger charge is 2.33. The first kappa shape index (κ1) is 28.1. The molecular weight excluding hydrogens is 480 g/mol. The Morgan fingerprint density at radius 3 is 2.03 bits per heavy atom. The van der Waals surface area contributed by atoms with Gasteiger partial charge < -0.3 is 15.5 Å². The molecule has 8 heteroatoms. The van der Waals surface area contributed by atoms with E-state index in [-0.39, 0.29) is 5.56 Å². The topological polar surface area (TPSA) is 111 Å². The molecule has 0 spiro atoms. The zero-order chi connectivity index (χ0) is 27.3. The molecule has 0 aromatic heterocycles. The van der Waals surface area contributed by atoms with Crippen LogP contribution in [0.5, 0.6) is 0 Å². The van der Waals surface area contributed by atoms with E-state index in [0.717, 1.165) is 36.4 Å². The van der Waals surface area contributed by atoms with Gasteiger partial charge in [-0.3, -0.25) is 19.6 Å². The van der Waals surface area contributed by atoms with Gasteiger partial charge in [-0.2, -0.15) is 0 Å². The largest absolute Gasteiger partial charge is 0.357 e. The molecule has 0 aliphatic carbocycles. The first-order valence-corrected chi connectivity index (χ1v) is 12.3. The number of likely N-dealkylation sites (N-methyl/N-ethyl adjacent to an activating group) is 2. The summed E-state index contributed by atoms with van der Waals surface area (Å²) in [5, 5.41) is 14.7. The first-order chi connectivity index (χ1) is 18.4. The number of amides is 3. The molecule has 3 amide bonds. The minimum Gasteiger partial charge on any atom is -0.357 e. The van der Waals surface area contributed by atoms with E-state index in [1.54, 1.807) is 24.3 Å². The van der Waals surface area contributed by atoms with Gasteiger partial charge in [-0.05, 0) is 66.9 Å². The number of hydroxylamine groups is 1. The lowest BCUT2D eigenvalue weighted by Gasteiger charge is -2.25. The summed E-state index contributed by atoms with van der Waals surface area (Å²) in [6, 6.07) is 23.6. The van der Waals surface area contributed by atoms with Crippen LogP contribution in [0.1, 0.15) is 39.0 Å². The lowest BCUT2D eigenvalue weighted by molar-refractivity contribution is -0.140. The van der Waals surface area contributed by atoms with Gasteiger partial charge in [0.05, 0.1) is 0 Å². The fourth-order valence-corrected chi connectivity index (χ4v) is 3.83. The quantitative estimate of drug-likeness (QED) is 0.110. The number of carbonyl (C=O) groups is 3. The third kappa shape index (κ3) is 8.03. The molecule has 0 aliphatic heterocycles. The van der Waals surface area contributed by atoms with Crippen LogP contribution in [0.2, 0.25) is 0 Å². The minimum atomic E-state index is -1.51. The summed E-state index contributed by atoms with van der Waals surface area (Å²) in [7, 11) is 2.65. The Labute approximate surface area is 223 Å². The summed E-state index contributed by atoms with van der Waals surface area (Å²) in [6.07, 6.45) is 2.15. The summed E-state index contributed by atoms with van der Waals surface area (Å²) in [5.41, 5.74) is 5.82. The summed E-state index contributed by atoms with van der Waals surface area (Å²) in [4.78, 5) is 37.6. The molecule has 196 valence electrons. The van der Waals surface area contributed by atoms with Gasteiger partial charge in [0.15, 0.2) is 6.04 Å². The lowest BCUT2D eigenvalue weighted by atomic mass is 10.1. The van der Waals surface area contributed by atoms with Crippen molar-refractivity contribution in [1.29, 1.82) is 0 Å². The highest BCUT2D eigenvalue weighted by molar-refractivity contribution is 6.08. The molecular formula is C30H32N4O4. The van der Waals surface area contributed by atoms with E-state index in [0.29, 0.717) is 5.56 Å². The predicted octanol–water partition coefficient (Wildman–Crippen LogP) is 2.50. The van der Waals surface area contributed by atoms with Crippen molar-refractivity contribution in [2.75, 3.05) is 20.6 Å². The molecule has 1 atom stereocenters. The predicted molar refractivity (Wildman–Crippen MR) is 145 cm³/mol. The molecule has 38 heavy (non-hydrogen) atoms. The van der Waals surface area contributed by atoms with Gasteiger partial charge in [-0.15, -0.1) is 0 Å². The van der Waals surface area contributed by atoms with Crippen LogP contribution in [0.3, 0.4) is 0 Å². The Hall–Kier alpha value is -4.45. The van der Waals surface area contributed by atoms with Crippen molar-refractivity contribution < 1.29 is 19.6 Å². The second kappa shape index (κ2) is 14.3. The number of nitrogens with zero attached hydrogens (tertiary/aromatic N) is 1. The van der Waals surface area contributed by atoms with E-state index in [4.69, 9.17) is 5.21 Å². The molecule has 3 aromatic rings. The van der Waals surface area contributed by atoms with Gasteiger partial charge in [-0.25, -0.2) is 5.48 Å². The maximum atomic E-state index is 12.8. The van der Waals surface area contributed by atoms with Crippen molar-refractivity contribution in [2.24, 2.45) is 0 Å². The monoisotopic (exact) mass is 512 g/mol. The standard InChI is InChI=1S/C30H32N4O4/c1-31-28(35)27(29(36)33-38)34(2)30(37)26-18-16-24(17-19-26)11-10-23-12-14-25(15-13-23)21-32-20-6-9-22-7-4-3-5-8-22/h3-5,7-8,12-19,27,32,38H,6,9,20-21H2,1-2H3,(H,31,35)(H,33,36). The highest BCUT2D eigenvalue weighted by atomic mass is 16.5. The molecule has 0 bridgehead atoms. The molecule has 0 saturated heterocycles. The maximum absolute atomic E-state index is 12.8. The Bertz CT molecular complexity index is 1260. The van der Waals surface area contributed by atoms with Crippen molar-refractivity contribution >= 4 is 17.7 Å². The van der Waals surface area contributed by atoms with Gasteiger partial charge >= 0.3 is 0 Å². The van der Waals surface area contributed by atoms with Crippen LogP contribution in [0.25, 0.3) is 0 Å². The summed E-state index contributed by atoms with van der Waals surface area (Å²) in [5.74, 6) is 3.92. The van der Waals surface area contributed by atoms with Crippen LogP contribution in [0.15, 0.2) is 78.9 Å². The molecule has 8 nitrogen and oxygen atoms in total. The van der Waals surface area contributed by atoms with Crippen LogP contribution >= 0.6 is 0 Å². The molecule has 1 unspecified atom stereocenters. The van der Waals surface area contributed by atoms with E-state index in [1.807, 2.05) is 18.2 Å². The number of hydrogen-bond donors (Lipinski definition) is 4. The van der Waals surface area contributed by atoms with E-state index in [2.05, 4.69) is 58.9 Å². The lowest BCUT2D eigenvalue weighted by Crippen LogP contribution is -2.54. The second-order valence-corrected chi connectivity index (χ2v) is 8.70. The van der Waals surface area contributed by atoms with E-state index in [9.17, 15) is 14.4 Å². The second-order valence-electron chi connectivity index (χ2n) is 8.70. The van der Waals surface area contributed by atoms with Gasteiger partial charge in [0.2, 0.25) is 0 Å². The number of hydrogen-bond acceptors (Lipinski definition) is 5. The fourth-order valence-electron chi connectivity index (χ4n) is 3.83. The van der Waals surface area contributed by atoms with Crippen molar-refractivity contribution in [3.05, 3.63) is 107 Å². The summed E-state index contributed by atoms with van der Waals surface area (Å²) >= 11 is 0. The fraction of sp³-hybridized carbons (Fsp3) is 0.233. The van der Waals surface area contributed by atoms with Crippen LogP contribution in [0, 0.1) is 11.8 Å². The molecule has 0 radical (unpaired) electrons. The zero-order valence-electron chi connectivity index (χ0n) is 21.5. The normalized spacial score (nSPS) is 11.0. The van der Waals surface area contributed by atoms with Crippen molar-refractivity contribution in [3.63, 3.8) is 0 Å². The summed E-state index contributed by atoms with van der Waals surface area (Å²) in [6.45, 7) is 1.75. The van der Waals surface area contributed by atoms with Crippen molar-refractivity contribution in [1.82, 2.24) is 21.0 Å². The van der Waals surface area contributed by atoms with Crippen LogP contribution in [0.4, 0.5) is 0 Å². The Balaban J connectivity index is 1.52. The average Bonchev–Trinajstić information content (AvgIpc) is 2.96. The zero-order valence-corrected chi connectivity index (χ0v) is 21.5. The molecule has 3 rings (SSSR count). The van der Waals surface area contributed by atoms with E-state index < -0.39 is 23.8 Å². The van der Waals surface area contributed by atoms with Gasteiger partial charge in [0, 0.05) is 37.3 Å². The average molecular weight is 513 g/mol. The number of benzene rings is 3. The Morgan fingerprint density at radius 1 is 0.842 bits per heavy atom. The highest BCUT2D eigenvalue weighted by Crippen LogP contribution is 2.10. The number of aryl methyl sites for hydroxylation is 1.